The van der Waals surface area contributed by atoms with Crippen molar-refractivity contribution < 1.29 is 14.3 Å². The minimum absolute atomic E-state index is 0.0295. The molecule has 2 aromatic heterocycles. The maximum Gasteiger partial charge on any atom is 0.251 e. The van der Waals surface area contributed by atoms with Crippen molar-refractivity contribution in [2.75, 3.05) is 19.0 Å². The van der Waals surface area contributed by atoms with Gasteiger partial charge in [-0.05, 0) is 48.2 Å². The number of imidazole rings is 1. The van der Waals surface area contributed by atoms with Crippen molar-refractivity contribution in [3.8, 4) is 11.4 Å². The third-order valence-corrected chi connectivity index (χ3v) is 6.09. The van der Waals surface area contributed by atoms with Gasteiger partial charge in [0.05, 0.1) is 16.7 Å². The smallest absolute Gasteiger partial charge is 0.251 e. The van der Waals surface area contributed by atoms with Gasteiger partial charge in [-0.25, -0.2) is 4.98 Å². The number of fused-ring (bicyclic) bond motifs is 2. The first kappa shape index (κ1) is 21.8. The second-order valence-electron chi connectivity index (χ2n) is 8.46. The highest BCUT2D eigenvalue weighted by Crippen LogP contribution is 2.30. The summed E-state index contributed by atoms with van der Waals surface area (Å²) in [5, 5.41) is 6.02. The summed E-state index contributed by atoms with van der Waals surface area (Å²) in [5.74, 6) is 0.182. The second kappa shape index (κ2) is 9.07. The average molecular weight is 456 g/mol. The zero-order valence-corrected chi connectivity index (χ0v) is 19.0. The molecular weight excluding hydrogens is 430 g/mol. The molecule has 34 heavy (non-hydrogen) atoms. The molecule has 0 fully saturated rings. The summed E-state index contributed by atoms with van der Waals surface area (Å²) in [7, 11) is 3.34. The fourth-order valence-corrected chi connectivity index (χ4v) is 4.58. The van der Waals surface area contributed by atoms with Gasteiger partial charge in [0.2, 0.25) is 5.91 Å². The zero-order chi connectivity index (χ0) is 23.7. The average Bonchev–Trinajstić information content (AvgIpc) is 3.40. The van der Waals surface area contributed by atoms with Crippen molar-refractivity contribution in [2.45, 2.75) is 18.9 Å². The number of nitrogens with one attached hydrogen (secondary N) is 2. The number of rotatable bonds is 6. The number of hydrogen-bond donors (Lipinski definition) is 2. The van der Waals surface area contributed by atoms with E-state index in [4.69, 9.17) is 9.72 Å². The fraction of sp³-hybridized carbons (Fsp3) is 0.231. The highest BCUT2D eigenvalue weighted by Gasteiger charge is 2.24. The molecule has 8 nitrogen and oxygen atoms in total. The largest absolute Gasteiger partial charge is 0.375 e. The van der Waals surface area contributed by atoms with Gasteiger partial charge < -0.3 is 19.9 Å². The first-order valence-corrected chi connectivity index (χ1v) is 11.1. The zero-order valence-electron chi connectivity index (χ0n) is 19.0. The van der Waals surface area contributed by atoms with Gasteiger partial charge in [-0.3, -0.25) is 14.6 Å². The van der Waals surface area contributed by atoms with Gasteiger partial charge in [-0.15, -0.1) is 0 Å². The van der Waals surface area contributed by atoms with E-state index in [0.717, 1.165) is 18.4 Å². The molecule has 2 amide bonds. The number of methoxy groups -OCH3 is 1. The van der Waals surface area contributed by atoms with E-state index in [1.807, 2.05) is 35.9 Å². The number of pyridine rings is 1. The molecule has 0 saturated heterocycles. The van der Waals surface area contributed by atoms with Crippen LogP contribution in [0.2, 0.25) is 0 Å². The highest BCUT2D eigenvalue weighted by atomic mass is 16.5. The maximum absolute atomic E-state index is 13.2. The van der Waals surface area contributed by atoms with Crippen molar-refractivity contribution in [1.82, 2.24) is 19.9 Å². The Balaban J connectivity index is 1.50. The van der Waals surface area contributed by atoms with Gasteiger partial charge in [0.15, 0.2) is 0 Å². The molecule has 1 aliphatic rings. The number of carbonyl (C=O) groups is 2. The van der Waals surface area contributed by atoms with Crippen LogP contribution in [-0.2, 0) is 29.4 Å². The van der Waals surface area contributed by atoms with Gasteiger partial charge in [0, 0.05) is 43.7 Å². The molecule has 0 spiro atoms. The molecule has 0 radical (unpaired) electrons. The molecule has 8 heteroatoms. The van der Waals surface area contributed by atoms with Crippen molar-refractivity contribution in [3.63, 3.8) is 0 Å². The molecule has 4 aromatic rings. The predicted octanol–water partition coefficient (Wildman–Crippen LogP) is 3.12. The molecule has 172 valence electrons. The molecule has 5 rings (SSSR count). The van der Waals surface area contributed by atoms with Gasteiger partial charge in [-0.1, -0.05) is 24.3 Å². The van der Waals surface area contributed by atoms with Crippen molar-refractivity contribution in [3.05, 3.63) is 77.6 Å². The van der Waals surface area contributed by atoms with E-state index >= 15 is 0 Å². The Morgan fingerprint density at radius 1 is 1.12 bits per heavy atom. The molecule has 0 atom stereocenters. The highest BCUT2D eigenvalue weighted by molar-refractivity contribution is 6.06. The van der Waals surface area contributed by atoms with E-state index in [2.05, 4.69) is 27.8 Å². The molecule has 0 saturated carbocycles. The number of aryl methyl sites for hydroxylation is 1. The topological polar surface area (TPSA) is 98.1 Å². The quantitative estimate of drug-likeness (QED) is 0.466. The Bertz CT molecular complexity index is 1360. The molecule has 1 aliphatic carbocycles. The van der Waals surface area contributed by atoms with Gasteiger partial charge in [0.1, 0.15) is 12.4 Å². The minimum Gasteiger partial charge on any atom is -0.375 e. The van der Waals surface area contributed by atoms with Gasteiger partial charge in [0.25, 0.3) is 5.91 Å². The van der Waals surface area contributed by atoms with E-state index < -0.39 is 0 Å². The normalized spacial score (nSPS) is 13.1. The summed E-state index contributed by atoms with van der Waals surface area (Å²) in [4.78, 5) is 34.5. The minimum atomic E-state index is -0.309. The van der Waals surface area contributed by atoms with E-state index in [1.165, 1.54) is 18.2 Å². The number of aromatic nitrogens is 3. The van der Waals surface area contributed by atoms with E-state index in [9.17, 15) is 9.59 Å². The van der Waals surface area contributed by atoms with Crippen LogP contribution in [-0.4, -0.2) is 46.1 Å². The predicted molar refractivity (Wildman–Crippen MR) is 130 cm³/mol. The van der Waals surface area contributed by atoms with Crippen LogP contribution in [0.1, 0.15) is 21.5 Å². The lowest BCUT2D eigenvalue weighted by Gasteiger charge is -2.14. The Morgan fingerprint density at radius 3 is 2.56 bits per heavy atom. The third kappa shape index (κ3) is 4.15. The van der Waals surface area contributed by atoms with Gasteiger partial charge >= 0.3 is 0 Å². The van der Waals surface area contributed by atoms with E-state index in [1.54, 1.807) is 24.5 Å². The van der Waals surface area contributed by atoms with Crippen LogP contribution in [0.15, 0.2) is 60.9 Å². The summed E-state index contributed by atoms with van der Waals surface area (Å²) in [6, 6.07) is 15.5. The number of ether oxygens (including phenoxy) is 1. The summed E-state index contributed by atoms with van der Waals surface area (Å²) in [6.07, 6.45) is 5.04. The molecule has 0 aliphatic heterocycles. The lowest BCUT2D eigenvalue weighted by molar-refractivity contribution is -0.119. The van der Waals surface area contributed by atoms with Gasteiger partial charge in [-0.2, -0.15) is 0 Å². The van der Waals surface area contributed by atoms with Crippen LogP contribution in [0.4, 0.5) is 5.69 Å². The SMILES string of the molecule is COCC(=O)Nc1cc(C(=O)NC2Cc3ccccc3C2)cc2nc(-c3cccnc3)n(C)c12. The Hall–Kier alpha value is -4.04. The maximum atomic E-state index is 13.2. The summed E-state index contributed by atoms with van der Waals surface area (Å²) < 4.78 is 6.86. The number of carbonyl (C=O) groups excluding carboxylic acids is 2. The van der Waals surface area contributed by atoms with Crippen LogP contribution >= 0.6 is 0 Å². The Labute approximate surface area is 197 Å². The number of benzene rings is 2. The lowest BCUT2D eigenvalue weighted by Crippen LogP contribution is -2.35. The molecule has 0 bridgehead atoms. The Morgan fingerprint density at radius 2 is 1.88 bits per heavy atom. The summed E-state index contributed by atoms with van der Waals surface area (Å²) in [5.41, 5.74) is 5.63. The first-order valence-electron chi connectivity index (χ1n) is 11.1. The summed E-state index contributed by atoms with van der Waals surface area (Å²) >= 11 is 0. The van der Waals surface area contributed by atoms with Crippen LogP contribution < -0.4 is 10.6 Å². The molecule has 2 N–H and O–H groups in total. The van der Waals surface area contributed by atoms with Crippen LogP contribution in [0.5, 0.6) is 0 Å². The molecule has 2 aromatic carbocycles. The number of amides is 2. The summed E-state index contributed by atoms with van der Waals surface area (Å²) in [6.45, 7) is -0.0917. The molecule has 0 unspecified atom stereocenters. The second-order valence-corrected chi connectivity index (χ2v) is 8.46. The number of nitrogens with zero attached hydrogens (tertiary/aromatic N) is 3. The fourth-order valence-electron chi connectivity index (χ4n) is 4.58. The van der Waals surface area contributed by atoms with Crippen LogP contribution in [0.25, 0.3) is 22.4 Å². The van der Waals surface area contributed by atoms with Crippen molar-refractivity contribution >= 4 is 28.5 Å². The third-order valence-electron chi connectivity index (χ3n) is 6.09. The van der Waals surface area contributed by atoms with Crippen LogP contribution in [0, 0.1) is 0 Å². The van der Waals surface area contributed by atoms with Crippen molar-refractivity contribution in [1.29, 1.82) is 0 Å². The standard InChI is InChI=1S/C26H25N5O3/c1-31-24-21(29-23(32)15-34-2)12-19(13-22(24)30-25(31)18-8-5-9-27-14-18)26(33)28-20-10-16-6-3-4-7-17(16)11-20/h3-9,12-14,20H,10-11,15H2,1-2H3,(H,28,33)(H,29,32). The lowest BCUT2D eigenvalue weighted by atomic mass is 10.1. The van der Waals surface area contributed by atoms with E-state index in [0.29, 0.717) is 28.1 Å². The Kier molecular flexibility index (Phi) is 5.81. The van der Waals surface area contributed by atoms with Crippen molar-refractivity contribution in [2.24, 2.45) is 7.05 Å². The number of hydrogen-bond acceptors (Lipinski definition) is 5. The monoisotopic (exact) mass is 455 g/mol. The molecular formula is C26H25N5O3. The van der Waals surface area contributed by atoms with E-state index in [-0.39, 0.29) is 24.5 Å². The number of anilines is 1. The first-order chi connectivity index (χ1) is 16.5. The molecule has 2 heterocycles. The van der Waals surface area contributed by atoms with Crippen LogP contribution in [0.3, 0.4) is 0 Å².